The molecule has 35 heavy (non-hydrogen) atoms. The van der Waals surface area contributed by atoms with Crippen molar-refractivity contribution in [3.63, 3.8) is 0 Å². The van der Waals surface area contributed by atoms with Crippen LogP contribution in [0.2, 0.25) is 0 Å². The summed E-state index contributed by atoms with van der Waals surface area (Å²) in [6.07, 6.45) is 1.45. The van der Waals surface area contributed by atoms with Crippen LogP contribution in [0.3, 0.4) is 0 Å². The highest BCUT2D eigenvalue weighted by molar-refractivity contribution is 6.30. The van der Waals surface area contributed by atoms with Gasteiger partial charge in [0.1, 0.15) is 24.5 Å². The molecule has 1 aliphatic rings. The molecule has 8 nitrogen and oxygen atoms in total. The molecule has 1 heterocycles. The Hall–Kier alpha value is -3.81. The summed E-state index contributed by atoms with van der Waals surface area (Å²) >= 11 is 0. The molecule has 0 N–H and O–H groups in total. The van der Waals surface area contributed by atoms with Crippen molar-refractivity contribution in [1.82, 2.24) is 9.80 Å². The maximum Gasteiger partial charge on any atom is 0.333 e. The average molecular weight is 481 g/mol. The van der Waals surface area contributed by atoms with E-state index in [9.17, 15) is 14.4 Å². The molecule has 0 spiro atoms. The van der Waals surface area contributed by atoms with Crippen LogP contribution in [0, 0.1) is 0 Å². The largest absolute Gasteiger partial charge is 0.490 e. The molecular formula is C27H32N2O6. The summed E-state index contributed by atoms with van der Waals surface area (Å²) in [4.78, 5) is 38.7. The third kappa shape index (κ3) is 6.01. The molecule has 2 aromatic rings. The molecule has 1 aliphatic heterocycles. The predicted octanol–water partition coefficient (Wildman–Crippen LogP) is 4.27. The van der Waals surface area contributed by atoms with E-state index in [2.05, 4.69) is 32.9 Å². The van der Waals surface area contributed by atoms with E-state index in [0.717, 1.165) is 15.5 Å². The van der Waals surface area contributed by atoms with E-state index >= 15 is 0 Å². The Morgan fingerprint density at radius 1 is 0.800 bits per heavy atom. The van der Waals surface area contributed by atoms with Gasteiger partial charge in [0, 0.05) is 14.1 Å². The topological polar surface area (TPSA) is 85.4 Å². The molecule has 0 saturated carbocycles. The number of nitrogens with zero attached hydrogens (tertiary/aromatic N) is 2. The zero-order valence-electron chi connectivity index (χ0n) is 21.1. The summed E-state index contributed by atoms with van der Waals surface area (Å²) in [6, 6.07) is 12.5. The first-order valence-electron chi connectivity index (χ1n) is 11.5. The summed E-state index contributed by atoms with van der Waals surface area (Å²) in [6.45, 7) is 9.40. The summed E-state index contributed by atoms with van der Waals surface area (Å²) in [5.74, 6) is 0.466. The summed E-state index contributed by atoms with van der Waals surface area (Å²) in [5, 5.41) is 0. The smallest absolute Gasteiger partial charge is 0.333 e. The van der Waals surface area contributed by atoms with Crippen LogP contribution in [0.4, 0.5) is 4.79 Å². The monoisotopic (exact) mass is 480 g/mol. The van der Waals surface area contributed by atoms with Crippen LogP contribution in [-0.4, -0.2) is 61.6 Å². The van der Waals surface area contributed by atoms with Crippen molar-refractivity contribution in [1.29, 1.82) is 0 Å². The van der Waals surface area contributed by atoms with Crippen molar-refractivity contribution in [2.45, 2.75) is 33.1 Å². The number of hydrogen-bond donors (Lipinski definition) is 0. The summed E-state index contributed by atoms with van der Waals surface area (Å²) in [7, 11) is 2.68. The molecule has 0 aliphatic carbocycles. The van der Waals surface area contributed by atoms with Crippen LogP contribution in [-0.2, 0) is 15.0 Å². The molecule has 0 unspecified atom stereocenters. The highest BCUT2D eigenvalue weighted by atomic mass is 16.5. The molecule has 0 bridgehead atoms. The Kier molecular flexibility index (Phi) is 7.84. The number of rotatable bonds is 8. The number of ether oxygens (including phenoxy) is 3. The second kappa shape index (κ2) is 10.6. The lowest BCUT2D eigenvalue weighted by molar-refractivity contribution is -0.134. The van der Waals surface area contributed by atoms with Crippen molar-refractivity contribution >= 4 is 23.9 Å². The van der Waals surface area contributed by atoms with Crippen molar-refractivity contribution in [2.24, 2.45) is 0 Å². The minimum Gasteiger partial charge on any atom is -0.490 e. The van der Waals surface area contributed by atoms with Gasteiger partial charge in [0.2, 0.25) is 0 Å². The van der Waals surface area contributed by atoms with Gasteiger partial charge in [0.25, 0.3) is 11.8 Å². The fraction of sp³-hybridized carbons (Fsp3) is 0.370. The molecule has 4 amide bonds. The second-order valence-electron chi connectivity index (χ2n) is 9.18. The van der Waals surface area contributed by atoms with Gasteiger partial charge in [-0.2, -0.15) is 0 Å². The van der Waals surface area contributed by atoms with Crippen LogP contribution in [0.1, 0.15) is 38.8 Å². The first-order valence-corrected chi connectivity index (χ1v) is 11.5. The van der Waals surface area contributed by atoms with Crippen molar-refractivity contribution in [3.05, 3.63) is 59.2 Å². The molecule has 186 valence electrons. The van der Waals surface area contributed by atoms with E-state index in [4.69, 9.17) is 14.2 Å². The van der Waals surface area contributed by atoms with E-state index in [-0.39, 0.29) is 11.0 Å². The number of carbonyl (C=O) groups is 3. The van der Waals surface area contributed by atoms with Crippen molar-refractivity contribution in [2.75, 3.05) is 33.9 Å². The number of imide groups is 2. The van der Waals surface area contributed by atoms with Gasteiger partial charge >= 0.3 is 6.03 Å². The molecule has 0 aromatic heterocycles. The molecule has 1 saturated heterocycles. The van der Waals surface area contributed by atoms with Crippen molar-refractivity contribution in [3.8, 4) is 17.2 Å². The van der Waals surface area contributed by atoms with Crippen molar-refractivity contribution < 1.29 is 28.6 Å². The van der Waals surface area contributed by atoms with E-state index in [1.807, 2.05) is 19.1 Å². The Morgan fingerprint density at radius 2 is 1.40 bits per heavy atom. The van der Waals surface area contributed by atoms with Gasteiger partial charge in [-0.05, 0) is 53.8 Å². The fourth-order valence-corrected chi connectivity index (χ4v) is 3.51. The van der Waals surface area contributed by atoms with Crippen LogP contribution >= 0.6 is 0 Å². The lowest BCUT2D eigenvalue weighted by atomic mass is 9.87. The zero-order chi connectivity index (χ0) is 25.8. The SMILES string of the molecule is CCOc1cc(C=C2C(=O)N(C)C(=O)N(C)C2=O)ccc1OCCOc1ccc(C(C)(C)C)cc1. The number of carbonyl (C=O) groups excluding carboxylic acids is 3. The van der Waals surface area contributed by atoms with E-state index in [0.29, 0.717) is 36.9 Å². The number of urea groups is 1. The Labute approximate surface area is 206 Å². The van der Waals surface area contributed by atoms with Gasteiger partial charge < -0.3 is 14.2 Å². The highest BCUT2D eigenvalue weighted by Gasteiger charge is 2.37. The Bertz CT molecular complexity index is 1110. The number of barbiturate groups is 1. The predicted molar refractivity (Wildman–Crippen MR) is 133 cm³/mol. The van der Waals surface area contributed by atoms with Gasteiger partial charge in [0.05, 0.1) is 6.61 Å². The molecule has 3 rings (SSSR count). The summed E-state index contributed by atoms with van der Waals surface area (Å²) in [5.41, 5.74) is 1.79. The fourth-order valence-electron chi connectivity index (χ4n) is 3.51. The first kappa shape index (κ1) is 25.8. The standard InChI is InChI=1S/C27H32N2O6/c1-7-33-23-17-18(16-21-24(30)28(5)26(32)29(6)25(21)31)8-13-22(23)35-15-14-34-20-11-9-19(10-12-20)27(2,3)4/h8-13,16-17H,7,14-15H2,1-6H3. The van der Waals surface area contributed by atoms with Gasteiger partial charge in [-0.1, -0.05) is 39.0 Å². The third-order valence-corrected chi connectivity index (χ3v) is 5.55. The molecule has 2 aromatic carbocycles. The van der Waals surface area contributed by atoms with Gasteiger partial charge in [-0.3, -0.25) is 19.4 Å². The van der Waals surface area contributed by atoms with Gasteiger partial charge in [0.15, 0.2) is 11.5 Å². The number of likely N-dealkylation sites (N-methyl/N-ethyl adjacent to an activating group) is 2. The maximum absolute atomic E-state index is 12.5. The quantitative estimate of drug-likeness (QED) is 0.319. The zero-order valence-corrected chi connectivity index (χ0v) is 21.1. The molecule has 8 heteroatoms. The second-order valence-corrected chi connectivity index (χ2v) is 9.18. The van der Waals surface area contributed by atoms with Gasteiger partial charge in [-0.15, -0.1) is 0 Å². The van der Waals surface area contributed by atoms with E-state index in [1.165, 1.54) is 25.7 Å². The summed E-state index contributed by atoms with van der Waals surface area (Å²) < 4.78 is 17.3. The Balaban J connectivity index is 1.67. The first-order chi connectivity index (χ1) is 16.5. The van der Waals surface area contributed by atoms with Crippen LogP contribution in [0.5, 0.6) is 17.2 Å². The minimum absolute atomic E-state index is 0.0836. The average Bonchev–Trinajstić information content (AvgIpc) is 2.83. The van der Waals surface area contributed by atoms with Crippen LogP contribution in [0.15, 0.2) is 48.0 Å². The molecule has 0 radical (unpaired) electrons. The van der Waals surface area contributed by atoms with Crippen LogP contribution in [0.25, 0.3) is 6.08 Å². The lowest BCUT2D eigenvalue weighted by Crippen LogP contribution is -2.52. The maximum atomic E-state index is 12.5. The lowest BCUT2D eigenvalue weighted by Gasteiger charge is -2.28. The highest BCUT2D eigenvalue weighted by Crippen LogP contribution is 2.30. The number of hydrogen-bond acceptors (Lipinski definition) is 6. The number of benzene rings is 2. The van der Waals surface area contributed by atoms with E-state index in [1.54, 1.807) is 18.2 Å². The molecular weight excluding hydrogens is 448 g/mol. The van der Waals surface area contributed by atoms with Gasteiger partial charge in [-0.25, -0.2) is 4.79 Å². The van der Waals surface area contributed by atoms with E-state index < -0.39 is 17.8 Å². The Morgan fingerprint density at radius 3 is 1.97 bits per heavy atom. The minimum atomic E-state index is -0.664. The molecule has 0 atom stereocenters. The van der Waals surface area contributed by atoms with Crippen LogP contribution < -0.4 is 14.2 Å². The molecule has 1 fully saturated rings. The third-order valence-electron chi connectivity index (χ3n) is 5.55. The number of amides is 4. The normalized spacial score (nSPS) is 14.3.